The largest absolute Gasteiger partial charge is 0.126 e. The molecule has 1 aromatic carbocycles. The van der Waals surface area contributed by atoms with Crippen LogP contribution in [0.2, 0.25) is 0 Å². The van der Waals surface area contributed by atoms with Gasteiger partial charge >= 0.3 is 0 Å². The van der Waals surface area contributed by atoms with Crippen molar-refractivity contribution in [3.63, 3.8) is 0 Å². The second kappa shape index (κ2) is 4.56. The van der Waals surface area contributed by atoms with Gasteiger partial charge in [-0.15, -0.1) is 11.6 Å². The Morgan fingerprint density at radius 2 is 2.06 bits per heavy atom. The molecule has 0 aliphatic heterocycles. The van der Waals surface area contributed by atoms with Crippen LogP contribution >= 0.6 is 11.6 Å². The number of hydrogen-bond donors (Lipinski definition) is 0. The number of rotatable bonds is 3. The van der Waals surface area contributed by atoms with Gasteiger partial charge in [0.15, 0.2) is 0 Å². The van der Waals surface area contributed by atoms with E-state index in [1.807, 2.05) is 0 Å². The summed E-state index contributed by atoms with van der Waals surface area (Å²) in [5.41, 5.74) is 4.71. The van der Waals surface area contributed by atoms with E-state index in [4.69, 9.17) is 11.6 Å². The number of hydrogen-bond acceptors (Lipinski definition) is 0. The first-order valence-corrected chi connectivity index (χ1v) is 7.78. The van der Waals surface area contributed by atoms with Crippen molar-refractivity contribution < 1.29 is 0 Å². The first kappa shape index (κ1) is 12.5. The third kappa shape index (κ3) is 1.99. The van der Waals surface area contributed by atoms with Crippen LogP contribution in [0, 0.1) is 31.1 Å². The third-order valence-electron chi connectivity index (χ3n) is 5.50. The van der Waals surface area contributed by atoms with Gasteiger partial charge in [-0.3, -0.25) is 0 Å². The van der Waals surface area contributed by atoms with Crippen LogP contribution in [0.4, 0.5) is 0 Å². The van der Waals surface area contributed by atoms with Crippen LogP contribution in [0.25, 0.3) is 0 Å². The van der Waals surface area contributed by atoms with Gasteiger partial charge in [-0.1, -0.05) is 24.6 Å². The van der Waals surface area contributed by atoms with E-state index in [2.05, 4.69) is 32.0 Å². The molecule has 2 bridgehead atoms. The smallest absolute Gasteiger partial charge is 0.0285 e. The number of halogens is 1. The Labute approximate surface area is 116 Å². The lowest BCUT2D eigenvalue weighted by Gasteiger charge is -2.36. The molecule has 0 aromatic heterocycles. The van der Waals surface area contributed by atoms with Crippen LogP contribution in [-0.4, -0.2) is 5.88 Å². The zero-order chi connectivity index (χ0) is 12.8. The molecular weight excluding hydrogens is 240 g/mol. The number of aryl methyl sites for hydroxylation is 2. The van der Waals surface area contributed by atoms with Gasteiger partial charge in [-0.05, 0) is 73.5 Å². The second-order valence-corrected chi connectivity index (χ2v) is 6.94. The van der Waals surface area contributed by atoms with Gasteiger partial charge in [0, 0.05) is 5.88 Å². The Bertz CT molecular complexity index is 451. The lowest BCUT2D eigenvalue weighted by Crippen LogP contribution is -2.32. The van der Waals surface area contributed by atoms with E-state index in [1.165, 1.54) is 48.8 Å². The Kier molecular flexibility index (Phi) is 3.18. The quantitative estimate of drug-likeness (QED) is 0.681. The lowest BCUT2D eigenvalue weighted by molar-refractivity contribution is 0.193. The van der Waals surface area contributed by atoms with Gasteiger partial charge in [0.25, 0.3) is 0 Å². The standard InChI is InChI=1S/C17H23Cl/c1-12-3-4-14(7-13(12)2)9-17(11-18)10-15-5-6-16(17)8-15/h3-4,7,15-16H,5-6,8-11H2,1-2H3. The van der Waals surface area contributed by atoms with E-state index in [0.717, 1.165) is 17.7 Å². The van der Waals surface area contributed by atoms with Crippen molar-refractivity contribution in [1.29, 1.82) is 0 Å². The molecule has 1 aromatic rings. The van der Waals surface area contributed by atoms with E-state index in [1.54, 1.807) is 0 Å². The summed E-state index contributed by atoms with van der Waals surface area (Å²) >= 11 is 6.38. The molecule has 3 atom stereocenters. The molecule has 2 aliphatic rings. The zero-order valence-corrected chi connectivity index (χ0v) is 12.3. The molecule has 2 saturated carbocycles. The summed E-state index contributed by atoms with van der Waals surface area (Å²) in [7, 11) is 0. The maximum Gasteiger partial charge on any atom is 0.0285 e. The summed E-state index contributed by atoms with van der Waals surface area (Å²) < 4.78 is 0. The van der Waals surface area contributed by atoms with Gasteiger partial charge in [0.2, 0.25) is 0 Å². The van der Waals surface area contributed by atoms with E-state index in [-0.39, 0.29) is 0 Å². The molecule has 0 N–H and O–H groups in total. The minimum Gasteiger partial charge on any atom is -0.126 e. The Hall–Kier alpha value is -0.490. The molecular formula is C17H23Cl. The predicted molar refractivity (Wildman–Crippen MR) is 78.2 cm³/mol. The molecule has 0 amide bonds. The average molecular weight is 263 g/mol. The number of fused-ring (bicyclic) bond motifs is 2. The van der Waals surface area contributed by atoms with Crippen molar-refractivity contribution in [2.45, 2.75) is 46.0 Å². The van der Waals surface area contributed by atoms with Crippen molar-refractivity contribution in [3.05, 3.63) is 34.9 Å². The maximum atomic E-state index is 6.38. The second-order valence-electron chi connectivity index (χ2n) is 6.67. The van der Waals surface area contributed by atoms with Crippen LogP contribution in [0.5, 0.6) is 0 Å². The molecule has 3 unspecified atom stereocenters. The number of benzene rings is 1. The Morgan fingerprint density at radius 3 is 2.61 bits per heavy atom. The highest BCUT2D eigenvalue weighted by atomic mass is 35.5. The molecule has 2 fully saturated rings. The fourth-order valence-electron chi connectivity index (χ4n) is 4.31. The van der Waals surface area contributed by atoms with E-state index < -0.39 is 0 Å². The summed E-state index contributed by atoms with van der Waals surface area (Å²) in [5.74, 6) is 2.71. The molecule has 1 heteroatoms. The lowest BCUT2D eigenvalue weighted by atomic mass is 9.70. The summed E-state index contributed by atoms with van der Waals surface area (Å²) in [6.45, 7) is 4.40. The highest BCUT2D eigenvalue weighted by molar-refractivity contribution is 6.18. The normalized spacial score (nSPS) is 34.2. The minimum absolute atomic E-state index is 0.409. The van der Waals surface area contributed by atoms with Gasteiger partial charge in [0.05, 0.1) is 0 Å². The highest BCUT2D eigenvalue weighted by Crippen LogP contribution is 2.57. The predicted octanol–water partition coefficient (Wildman–Crippen LogP) is 4.89. The van der Waals surface area contributed by atoms with E-state index in [9.17, 15) is 0 Å². The molecule has 18 heavy (non-hydrogen) atoms. The number of alkyl halides is 1. The molecule has 0 heterocycles. The SMILES string of the molecule is Cc1ccc(CC2(CCl)CC3CCC2C3)cc1C. The van der Waals surface area contributed by atoms with Crippen molar-refractivity contribution in [2.75, 3.05) is 5.88 Å². The fourth-order valence-corrected chi connectivity index (χ4v) is 4.73. The zero-order valence-electron chi connectivity index (χ0n) is 11.5. The van der Waals surface area contributed by atoms with Crippen LogP contribution in [0.1, 0.15) is 42.4 Å². The molecule has 3 rings (SSSR count). The first-order valence-electron chi connectivity index (χ1n) is 7.25. The van der Waals surface area contributed by atoms with Crippen molar-refractivity contribution in [1.82, 2.24) is 0 Å². The van der Waals surface area contributed by atoms with Crippen molar-refractivity contribution in [2.24, 2.45) is 17.3 Å². The topological polar surface area (TPSA) is 0 Å². The van der Waals surface area contributed by atoms with Crippen molar-refractivity contribution >= 4 is 11.6 Å². The van der Waals surface area contributed by atoms with Gasteiger partial charge in [-0.2, -0.15) is 0 Å². The molecule has 0 spiro atoms. The molecule has 2 aliphatic carbocycles. The summed E-state index contributed by atoms with van der Waals surface area (Å²) in [6, 6.07) is 6.94. The Balaban J connectivity index is 1.84. The Morgan fingerprint density at radius 1 is 1.22 bits per heavy atom. The van der Waals surface area contributed by atoms with Gasteiger partial charge in [-0.25, -0.2) is 0 Å². The van der Waals surface area contributed by atoms with Crippen molar-refractivity contribution in [3.8, 4) is 0 Å². The average Bonchev–Trinajstić information content (AvgIpc) is 2.94. The summed E-state index contributed by atoms with van der Waals surface area (Å²) in [5, 5.41) is 0. The van der Waals surface area contributed by atoms with E-state index in [0.29, 0.717) is 5.41 Å². The third-order valence-corrected chi connectivity index (χ3v) is 6.03. The van der Waals surface area contributed by atoms with Crippen LogP contribution in [-0.2, 0) is 6.42 Å². The minimum atomic E-state index is 0.409. The van der Waals surface area contributed by atoms with Crippen LogP contribution < -0.4 is 0 Å². The summed E-state index contributed by atoms with van der Waals surface area (Å²) in [6.07, 6.45) is 6.88. The van der Waals surface area contributed by atoms with Gasteiger partial charge in [0.1, 0.15) is 0 Å². The van der Waals surface area contributed by atoms with Crippen LogP contribution in [0.3, 0.4) is 0 Å². The van der Waals surface area contributed by atoms with Crippen LogP contribution in [0.15, 0.2) is 18.2 Å². The molecule has 0 nitrogen and oxygen atoms in total. The maximum absolute atomic E-state index is 6.38. The van der Waals surface area contributed by atoms with Gasteiger partial charge < -0.3 is 0 Å². The molecule has 0 radical (unpaired) electrons. The highest BCUT2D eigenvalue weighted by Gasteiger charge is 2.50. The van der Waals surface area contributed by atoms with E-state index >= 15 is 0 Å². The summed E-state index contributed by atoms with van der Waals surface area (Å²) in [4.78, 5) is 0. The molecule has 0 saturated heterocycles. The monoisotopic (exact) mass is 262 g/mol. The fraction of sp³-hybridized carbons (Fsp3) is 0.647. The first-order chi connectivity index (χ1) is 8.63. The molecule has 98 valence electrons.